The van der Waals surface area contributed by atoms with Crippen LogP contribution in [-0.4, -0.2) is 25.3 Å². The van der Waals surface area contributed by atoms with Gasteiger partial charge < -0.3 is 4.90 Å². The van der Waals surface area contributed by atoms with Gasteiger partial charge in [-0.2, -0.15) is 8.42 Å². The number of hydrogen-bond acceptors (Lipinski definition) is 6. The van der Waals surface area contributed by atoms with Crippen LogP contribution < -0.4 is 9.47 Å². The van der Waals surface area contributed by atoms with Gasteiger partial charge in [-0.25, -0.2) is 4.57 Å². The maximum Gasteiger partial charge on any atom is 0.408 e. The molecule has 3 rings (SSSR count). The van der Waals surface area contributed by atoms with Crippen LogP contribution in [0.1, 0.15) is 31.0 Å². The van der Waals surface area contributed by atoms with Crippen molar-refractivity contribution in [2.75, 3.05) is 17.2 Å². The second-order valence-electron chi connectivity index (χ2n) is 7.52. The molecule has 0 aliphatic heterocycles. The molecule has 9 heteroatoms. The summed E-state index contributed by atoms with van der Waals surface area (Å²) in [5.74, 6) is -0.223. The second kappa shape index (κ2) is 11.3. The lowest BCUT2D eigenvalue weighted by Gasteiger charge is -2.23. The zero-order valence-corrected chi connectivity index (χ0v) is 20.0. The van der Waals surface area contributed by atoms with Gasteiger partial charge in [0, 0.05) is 24.2 Å². The molecule has 0 saturated carbocycles. The number of unbranched alkanes of at least 4 members (excludes halogenated alkanes) is 1. The Morgan fingerprint density at radius 1 is 1.03 bits per heavy atom. The Kier molecular flexibility index (Phi) is 8.49. The van der Waals surface area contributed by atoms with Crippen LogP contribution in [0.4, 0.5) is 16.5 Å². The van der Waals surface area contributed by atoms with Gasteiger partial charge in [0.1, 0.15) is 11.4 Å². The minimum absolute atomic E-state index is 0.223. The van der Waals surface area contributed by atoms with E-state index in [0.29, 0.717) is 19.4 Å². The van der Waals surface area contributed by atoms with Crippen molar-refractivity contribution in [3.05, 3.63) is 71.2 Å². The van der Waals surface area contributed by atoms with Crippen molar-refractivity contribution in [1.29, 1.82) is 0 Å². The molecule has 0 atom stereocenters. The molecule has 0 fully saturated rings. The number of rotatable bonds is 11. The van der Waals surface area contributed by atoms with Crippen molar-refractivity contribution in [2.45, 2.75) is 39.8 Å². The molecular weight excluding hydrogens is 444 g/mol. The molecule has 32 heavy (non-hydrogen) atoms. The topological polar surface area (TPSA) is 86.2 Å². The SMILES string of the molecule is CCN(Cc1ccccc1)c1ccc(N=Nc2scc(C)[n+]2CCCCS(=O)(=O)O)cc1. The first-order valence-electron chi connectivity index (χ1n) is 10.6. The zero-order valence-electron chi connectivity index (χ0n) is 18.4. The van der Waals surface area contributed by atoms with Crippen LogP contribution in [0.2, 0.25) is 0 Å². The molecule has 3 aromatic rings. The molecule has 0 radical (unpaired) electrons. The minimum Gasteiger partial charge on any atom is -0.367 e. The summed E-state index contributed by atoms with van der Waals surface area (Å²) >= 11 is 1.50. The number of aryl methyl sites for hydroxylation is 1. The Morgan fingerprint density at radius 2 is 1.75 bits per heavy atom. The van der Waals surface area contributed by atoms with Crippen molar-refractivity contribution >= 4 is 38.0 Å². The Labute approximate surface area is 193 Å². The van der Waals surface area contributed by atoms with Crippen molar-refractivity contribution in [1.82, 2.24) is 0 Å². The number of benzene rings is 2. The van der Waals surface area contributed by atoms with Gasteiger partial charge in [-0.05, 0) is 73.0 Å². The van der Waals surface area contributed by atoms with E-state index in [0.717, 1.165) is 35.3 Å². The first kappa shape index (κ1) is 24.0. The van der Waals surface area contributed by atoms with Gasteiger partial charge in [0.25, 0.3) is 10.1 Å². The summed E-state index contributed by atoms with van der Waals surface area (Å²) in [5.41, 5.74) is 4.22. The fourth-order valence-corrected chi connectivity index (χ4v) is 4.76. The third-order valence-corrected chi connectivity index (χ3v) is 6.87. The third kappa shape index (κ3) is 7.22. The van der Waals surface area contributed by atoms with Gasteiger partial charge >= 0.3 is 5.13 Å². The van der Waals surface area contributed by atoms with Gasteiger partial charge in [-0.15, -0.1) is 0 Å². The maximum atomic E-state index is 10.9. The molecule has 0 aliphatic rings. The van der Waals surface area contributed by atoms with Crippen LogP contribution in [0.15, 0.2) is 70.2 Å². The van der Waals surface area contributed by atoms with Crippen molar-refractivity contribution in [3.63, 3.8) is 0 Å². The summed E-state index contributed by atoms with van der Waals surface area (Å²) in [6.45, 7) is 6.51. The summed E-state index contributed by atoms with van der Waals surface area (Å²) in [7, 11) is -3.91. The smallest absolute Gasteiger partial charge is 0.367 e. The Hall–Kier alpha value is -2.62. The van der Waals surface area contributed by atoms with E-state index in [2.05, 4.69) is 58.5 Å². The summed E-state index contributed by atoms with van der Waals surface area (Å²) in [6, 6.07) is 18.4. The highest BCUT2D eigenvalue weighted by Crippen LogP contribution is 2.24. The van der Waals surface area contributed by atoms with E-state index in [1.165, 1.54) is 16.9 Å². The van der Waals surface area contributed by atoms with Crippen LogP contribution in [-0.2, 0) is 23.2 Å². The molecule has 0 amide bonds. The summed E-state index contributed by atoms with van der Waals surface area (Å²) in [4.78, 5) is 2.30. The van der Waals surface area contributed by atoms with Crippen molar-refractivity contribution < 1.29 is 17.5 Å². The normalized spacial score (nSPS) is 11.8. The summed E-state index contributed by atoms with van der Waals surface area (Å²) < 4.78 is 32.6. The van der Waals surface area contributed by atoms with E-state index in [1.54, 1.807) is 0 Å². The number of hydrogen-bond donors (Lipinski definition) is 1. The standard InChI is InChI=1S/C23H28N4O3S2/c1-3-26(17-20-9-5-4-6-10-20)22-13-11-21(12-14-22)24-25-23-27(19(2)18-31-23)15-7-8-16-32(28,29)30/h4-6,9-14,18H,3,7-8,15-17H2,1-2H3/p+1. The fraction of sp³-hybridized carbons (Fsp3) is 0.348. The largest absolute Gasteiger partial charge is 0.408 e. The van der Waals surface area contributed by atoms with E-state index in [-0.39, 0.29) is 5.75 Å². The Morgan fingerprint density at radius 3 is 2.41 bits per heavy atom. The monoisotopic (exact) mass is 473 g/mol. The number of nitrogens with zero attached hydrogens (tertiary/aromatic N) is 4. The number of thiazole rings is 1. The lowest BCUT2D eigenvalue weighted by Crippen LogP contribution is -2.34. The van der Waals surface area contributed by atoms with Gasteiger partial charge in [0.15, 0.2) is 0 Å². The van der Waals surface area contributed by atoms with Crippen LogP contribution in [0.3, 0.4) is 0 Å². The van der Waals surface area contributed by atoms with E-state index >= 15 is 0 Å². The highest BCUT2D eigenvalue weighted by atomic mass is 32.2. The third-order valence-electron chi connectivity index (χ3n) is 5.09. The molecule has 170 valence electrons. The predicted molar refractivity (Wildman–Crippen MR) is 129 cm³/mol. The molecule has 0 spiro atoms. The van der Waals surface area contributed by atoms with Crippen LogP contribution in [0.25, 0.3) is 0 Å². The second-order valence-corrected chi connectivity index (χ2v) is 9.93. The first-order chi connectivity index (χ1) is 15.4. The molecule has 1 N–H and O–H groups in total. The van der Waals surface area contributed by atoms with Gasteiger partial charge in [0.05, 0.1) is 17.4 Å². The maximum absolute atomic E-state index is 10.9. The van der Waals surface area contributed by atoms with Crippen molar-refractivity contribution in [3.8, 4) is 0 Å². The lowest BCUT2D eigenvalue weighted by atomic mass is 10.2. The zero-order chi connectivity index (χ0) is 23.0. The summed E-state index contributed by atoms with van der Waals surface area (Å²) in [6.07, 6.45) is 1.03. The highest BCUT2D eigenvalue weighted by Gasteiger charge is 2.16. The quantitative estimate of drug-likeness (QED) is 0.174. The van der Waals surface area contributed by atoms with Gasteiger partial charge in [-0.3, -0.25) is 4.55 Å². The average Bonchev–Trinajstić information content (AvgIpc) is 3.13. The molecule has 1 aromatic heterocycles. The van der Waals surface area contributed by atoms with Crippen molar-refractivity contribution in [2.24, 2.45) is 10.2 Å². The molecule has 0 unspecified atom stereocenters. The van der Waals surface area contributed by atoms with Gasteiger partial charge in [-0.1, -0.05) is 30.3 Å². The van der Waals surface area contributed by atoms with E-state index in [9.17, 15) is 8.42 Å². The lowest BCUT2D eigenvalue weighted by molar-refractivity contribution is -0.686. The molecule has 2 aromatic carbocycles. The molecule has 0 saturated heterocycles. The van der Waals surface area contributed by atoms with E-state index < -0.39 is 10.1 Å². The average molecular weight is 474 g/mol. The predicted octanol–water partition coefficient (Wildman–Crippen LogP) is 5.45. The molecule has 1 heterocycles. The fourth-order valence-electron chi connectivity index (χ4n) is 3.34. The molecule has 0 aliphatic carbocycles. The summed E-state index contributed by atoms with van der Waals surface area (Å²) in [5, 5.41) is 11.6. The van der Waals surface area contributed by atoms with Crippen LogP contribution in [0, 0.1) is 6.92 Å². The molecule has 7 nitrogen and oxygen atoms in total. The number of anilines is 1. The van der Waals surface area contributed by atoms with E-state index in [1.807, 2.05) is 35.1 Å². The van der Waals surface area contributed by atoms with Gasteiger partial charge in [0.2, 0.25) is 0 Å². The highest BCUT2D eigenvalue weighted by molar-refractivity contribution is 7.85. The van der Waals surface area contributed by atoms with E-state index in [4.69, 9.17) is 4.55 Å². The Balaban J connectivity index is 1.63. The molecule has 0 bridgehead atoms. The number of azo groups is 1. The van der Waals surface area contributed by atoms with Crippen LogP contribution in [0.5, 0.6) is 0 Å². The first-order valence-corrected chi connectivity index (χ1v) is 13.1. The number of aromatic nitrogens is 1. The van der Waals surface area contributed by atoms with Crippen LogP contribution >= 0.6 is 11.3 Å². The Bertz CT molecular complexity index is 1130. The minimum atomic E-state index is -3.91. The molecular formula is C23H29N4O3S2+.